The average Bonchev–Trinajstić information content (AvgIpc) is 3.25. The molecule has 0 spiro atoms. The van der Waals surface area contributed by atoms with Gasteiger partial charge in [0, 0.05) is 16.5 Å². The van der Waals surface area contributed by atoms with Crippen LogP contribution in [0, 0.1) is 0 Å². The zero-order chi connectivity index (χ0) is 21.8. The Kier molecular flexibility index (Phi) is 4.29. The smallest absolute Gasteiger partial charge is 0.419 e. The van der Waals surface area contributed by atoms with Gasteiger partial charge in [-0.15, -0.1) is 0 Å². The van der Waals surface area contributed by atoms with Crippen LogP contribution >= 0.6 is 0 Å². The van der Waals surface area contributed by atoms with Crippen molar-refractivity contribution in [2.24, 2.45) is 0 Å². The largest absolute Gasteiger partial charge is 0.497 e. The lowest BCUT2D eigenvalue weighted by Gasteiger charge is -2.20. The number of hydrogen-bond acceptors (Lipinski definition) is 3. The summed E-state index contributed by atoms with van der Waals surface area (Å²) >= 11 is 0. The van der Waals surface area contributed by atoms with Crippen LogP contribution in [0.4, 0.5) is 4.79 Å². The second kappa shape index (κ2) is 6.91. The number of rotatable bonds is 2. The number of nitrogens with zero attached hydrogens (tertiary/aromatic N) is 2. The van der Waals surface area contributed by atoms with Gasteiger partial charge >= 0.3 is 6.09 Å². The van der Waals surface area contributed by atoms with Crippen LogP contribution in [0.3, 0.4) is 0 Å². The summed E-state index contributed by atoms with van der Waals surface area (Å²) in [6.07, 6.45) is -0.378. The van der Waals surface area contributed by atoms with Crippen LogP contribution in [0.5, 0.6) is 5.75 Å². The molecule has 0 aliphatic carbocycles. The normalized spacial score (nSPS) is 12.0. The highest BCUT2D eigenvalue weighted by Crippen LogP contribution is 2.39. The van der Waals surface area contributed by atoms with Gasteiger partial charge in [0.15, 0.2) is 0 Å². The summed E-state index contributed by atoms with van der Waals surface area (Å²) in [5, 5.41) is 1.99. The van der Waals surface area contributed by atoms with Crippen LogP contribution in [0.2, 0.25) is 0 Å². The fraction of sp³-hybridized carbons (Fsp3) is 0.192. The third kappa shape index (κ3) is 3.05. The quantitative estimate of drug-likeness (QED) is 0.331. The first-order chi connectivity index (χ1) is 14.9. The molecule has 0 fully saturated rings. The predicted molar refractivity (Wildman–Crippen MR) is 124 cm³/mol. The molecule has 0 bridgehead atoms. The van der Waals surface area contributed by atoms with Gasteiger partial charge in [0.1, 0.15) is 11.4 Å². The number of methoxy groups -OCH3 is 1. The standard InChI is InChI=1S/C26H24N2O3/c1-26(2,3)31-25(29)28-22-12-8-6-10-20(22)23-24(28)19-9-5-7-11-21(19)27(23)17-13-15-18(30-4)16-14-17/h5-16H,1-4H3. The summed E-state index contributed by atoms with van der Waals surface area (Å²) in [7, 11) is 1.66. The van der Waals surface area contributed by atoms with Gasteiger partial charge in [0.25, 0.3) is 0 Å². The highest BCUT2D eigenvalue weighted by atomic mass is 16.6. The number of hydrogen-bond donors (Lipinski definition) is 0. The number of ether oxygens (including phenoxy) is 2. The molecule has 0 amide bonds. The molecular weight excluding hydrogens is 388 g/mol. The Labute approximate surface area is 180 Å². The molecule has 0 saturated heterocycles. The number of carbonyl (C=O) groups excluding carboxylic acids is 1. The number of carbonyl (C=O) groups is 1. The fourth-order valence-corrected chi connectivity index (χ4v) is 4.18. The van der Waals surface area contributed by atoms with E-state index in [1.54, 1.807) is 11.7 Å². The zero-order valence-corrected chi connectivity index (χ0v) is 18.0. The predicted octanol–water partition coefficient (Wildman–Crippen LogP) is 6.53. The van der Waals surface area contributed by atoms with Crippen LogP contribution in [0.1, 0.15) is 20.8 Å². The summed E-state index contributed by atoms with van der Waals surface area (Å²) in [6.45, 7) is 5.65. The van der Waals surface area contributed by atoms with Crippen molar-refractivity contribution in [3.8, 4) is 11.4 Å². The number of para-hydroxylation sites is 2. The molecule has 5 heteroatoms. The average molecular weight is 412 g/mol. The summed E-state index contributed by atoms with van der Waals surface area (Å²) in [6, 6.07) is 24.1. The first-order valence-electron chi connectivity index (χ1n) is 10.3. The molecule has 0 unspecified atom stereocenters. The minimum absolute atomic E-state index is 0.378. The maximum absolute atomic E-state index is 13.3. The van der Waals surface area contributed by atoms with Crippen molar-refractivity contribution in [1.29, 1.82) is 0 Å². The maximum atomic E-state index is 13.3. The Morgan fingerprint density at radius 3 is 1.97 bits per heavy atom. The van der Waals surface area contributed by atoms with Gasteiger partial charge in [-0.2, -0.15) is 0 Å². The van der Waals surface area contributed by atoms with E-state index in [9.17, 15) is 4.79 Å². The Morgan fingerprint density at radius 2 is 1.35 bits per heavy atom. The summed E-state index contributed by atoms with van der Waals surface area (Å²) < 4.78 is 15.0. The van der Waals surface area contributed by atoms with E-state index in [0.717, 1.165) is 44.3 Å². The van der Waals surface area contributed by atoms with E-state index in [1.807, 2.05) is 75.4 Å². The lowest BCUT2D eigenvalue weighted by molar-refractivity contribution is 0.0551. The van der Waals surface area contributed by atoms with E-state index in [4.69, 9.17) is 9.47 Å². The Hall–Kier alpha value is -3.73. The molecule has 156 valence electrons. The van der Waals surface area contributed by atoms with E-state index >= 15 is 0 Å². The van der Waals surface area contributed by atoms with Crippen LogP contribution in [-0.2, 0) is 4.74 Å². The zero-order valence-electron chi connectivity index (χ0n) is 18.0. The molecule has 5 rings (SSSR count). The molecule has 0 N–H and O–H groups in total. The van der Waals surface area contributed by atoms with Crippen LogP contribution in [-0.4, -0.2) is 27.9 Å². The first-order valence-corrected chi connectivity index (χ1v) is 10.3. The molecule has 31 heavy (non-hydrogen) atoms. The summed E-state index contributed by atoms with van der Waals surface area (Å²) in [5.74, 6) is 0.799. The molecule has 5 aromatic rings. The van der Waals surface area contributed by atoms with Gasteiger partial charge in [0.2, 0.25) is 0 Å². The highest BCUT2D eigenvalue weighted by Gasteiger charge is 2.26. The number of fused-ring (bicyclic) bond motifs is 5. The van der Waals surface area contributed by atoms with E-state index in [2.05, 4.69) is 22.8 Å². The number of benzene rings is 3. The monoisotopic (exact) mass is 412 g/mol. The molecule has 0 atom stereocenters. The van der Waals surface area contributed by atoms with Crippen molar-refractivity contribution in [1.82, 2.24) is 9.13 Å². The molecule has 0 saturated carbocycles. The molecule has 5 nitrogen and oxygen atoms in total. The number of aromatic nitrogens is 2. The van der Waals surface area contributed by atoms with Crippen LogP contribution in [0.15, 0.2) is 72.8 Å². The van der Waals surface area contributed by atoms with E-state index in [-0.39, 0.29) is 6.09 Å². The minimum atomic E-state index is -0.594. The Morgan fingerprint density at radius 1 is 0.774 bits per heavy atom. The van der Waals surface area contributed by atoms with E-state index in [0.29, 0.717) is 0 Å². The van der Waals surface area contributed by atoms with Crippen molar-refractivity contribution < 1.29 is 14.3 Å². The highest BCUT2D eigenvalue weighted by molar-refractivity contribution is 6.21. The minimum Gasteiger partial charge on any atom is -0.497 e. The molecule has 3 aromatic carbocycles. The van der Waals surface area contributed by atoms with Crippen molar-refractivity contribution in [2.45, 2.75) is 26.4 Å². The van der Waals surface area contributed by atoms with Crippen LogP contribution < -0.4 is 4.74 Å². The molecule has 0 aliphatic heterocycles. The van der Waals surface area contributed by atoms with Crippen molar-refractivity contribution >= 4 is 38.9 Å². The van der Waals surface area contributed by atoms with Crippen molar-refractivity contribution in [3.63, 3.8) is 0 Å². The molecule has 2 aromatic heterocycles. The third-order valence-electron chi connectivity index (χ3n) is 5.38. The Balaban J connectivity index is 1.92. The SMILES string of the molecule is COc1ccc(-n2c3ccccc3c3c2c2ccccc2n3C(=O)OC(C)(C)C)cc1. The molecule has 0 radical (unpaired) electrons. The van der Waals surface area contributed by atoms with Gasteiger partial charge in [0.05, 0.1) is 29.2 Å². The van der Waals surface area contributed by atoms with Gasteiger partial charge in [-0.1, -0.05) is 36.4 Å². The summed E-state index contributed by atoms with van der Waals surface area (Å²) in [5.41, 5.74) is 4.09. The first kappa shape index (κ1) is 19.2. The van der Waals surface area contributed by atoms with Crippen molar-refractivity contribution in [3.05, 3.63) is 72.8 Å². The third-order valence-corrected chi connectivity index (χ3v) is 5.38. The topological polar surface area (TPSA) is 45.4 Å². The van der Waals surface area contributed by atoms with Crippen LogP contribution in [0.25, 0.3) is 38.5 Å². The van der Waals surface area contributed by atoms with E-state index in [1.165, 1.54) is 0 Å². The maximum Gasteiger partial charge on any atom is 0.419 e. The Bertz CT molecular complexity index is 1430. The van der Waals surface area contributed by atoms with Gasteiger partial charge in [-0.05, 0) is 57.2 Å². The van der Waals surface area contributed by atoms with Gasteiger partial charge < -0.3 is 14.0 Å². The van der Waals surface area contributed by atoms with Gasteiger partial charge in [-0.3, -0.25) is 0 Å². The second-order valence-corrected chi connectivity index (χ2v) is 8.58. The lowest BCUT2D eigenvalue weighted by atomic mass is 10.2. The second-order valence-electron chi connectivity index (χ2n) is 8.58. The summed E-state index contributed by atoms with van der Waals surface area (Å²) in [4.78, 5) is 13.3. The molecule has 0 aliphatic rings. The lowest BCUT2D eigenvalue weighted by Crippen LogP contribution is -2.27. The molecule has 2 heterocycles. The fourth-order valence-electron chi connectivity index (χ4n) is 4.18. The van der Waals surface area contributed by atoms with E-state index < -0.39 is 5.60 Å². The molecular formula is C26H24N2O3. The van der Waals surface area contributed by atoms with Gasteiger partial charge in [-0.25, -0.2) is 9.36 Å². The van der Waals surface area contributed by atoms with Crippen molar-refractivity contribution in [2.75, 3.05) is 7.11 Å².